The molecule has 3 rings (SSSR count). The molecule has 0 saturated heterocycles. The van der Waals surface area contributed by atoms with Crippen LogP contribution in [-0.2, 0) is 12.8 Å². The first kappa shape index (κ1) is 13.0. The number of thioether (sulfide) groups is 1. The van der Waals surface area contributed by atoms with E-state index < -0.39 is 0 Å². The van der Waals surface area contributed by atoms with E-state index in [1.807, 2.05) is 18.3 Å². The average Bonchev–Trinajstić information content (AvgIpc) is 2.72. The Hall–Kier alpha value is -1.05. The van der Waals surface area contributed by atoms with Crippen LogP contribution in [0.5, 0.6) is 0 Å². The average molecular weight is 288 g/mol. The molecule has 4 heteroatoms. The minimum absolute atomic E-state index is 0.673. The molecule has 0 radical (unpaired) electrons. The number of aryl methyl sites for hydroxylation is 2. The minimum atomic E-state index is 0.673. The van der Waals surface area contributed by atoms with Gasteiger partial charge in [-0.05, 0) is 37.7 Å². The number of rotatable bonds is 2. The summed E-state index contributed by atoms with van der Waals surface area (Å²) in [6, 6.07) is 0. The van der Waals surface area contributed by atoms with Gasteiger partial charge in [-0.2, -0.15) is 0 Å². The molecule has 1 atom stereocenters. The Bertz CT molecular complexity index is 667. The van der Waals surface area contributed by atoms with E-state index in [9.17, 15) is 0 Å². The maximum absolute atomic E-state index is 5.38. The third kappa shape index (κ3) is 2.37. The van der Waals surface area contributed by atoms with Crippen LogP contribution in [0.2, 0.25) is 0 Å². The van der Waals surface area contributed by atoms with E-state index in [0.717, 1.165) is 28.0 Å². The number of hydrogen-bond donors (Lipinski definition) is 0. The largest absolute Gasteiger partial charge is 0.226 e. The number of aromatic nitrogens is 2. The fourth-order valence-corrected chi connectivity index (χ4v) is 4.90. The second-order valence-electron chi connectivity index (χ2n) is 5.10. The van der Waals surface area contributed by atoms with Crippen LogP contribution in [0.25, 0.3) is 10.2 Å². The summed E-state index contributed by atoms with van der Waals surface area (Å²) in [5, 5.41) is 2.35. The highest BCUT2D eigenvalue weighted by atomic mass is 32.2. The summed E-state index contributed by atoms with van der Waals surface area (Å²) in [4.78, 5) is 11.9. The van der Waals surface area contributed by atoms with Gasteiger partial charge in [0.25, 0.3) is 0 Å². The van der Waals surface area contributed by atoms with Crippen molar-refractivity contribution in [3.63, 3.8) is 0 Å². The number of terminal acetylenes is 1. The zero-order chi connectivity index (χ0) is 13.4. The molecule has 1 aliphatic carbocycles. The van der Waals surface area contributed by atoms with Gasteiger partial charge in [-0.15, -0.1) is 17.8 Å². The lowest BCUT2D eigenvalue weighted by molar-refractivity contribution is 0.509. The molecule has 0 saturated carbocycles. The van der Waals surface area contributed by atoms with Crippen molar-refractivity contribution in [3.8, 4) is 12.3 Å². The van der Waals surface area contributed by atoms with Gasteiger partial charge in [0.05, 0.1) is 5.75 Å². The van der Waals surface area contributed by atoms with Crippen LogP contribution >= 0.6 is 23.1 Å². The van der Waals surface area contributed by atoms with Crippen molar-refractivity contribution in [2.75, 3.05) is 5.75 Å². The third-order valence-corrected chi connectivity index (χ3v) is 5.55. The Morgan fingerprint density at radius 3 is 3.11 bits per heavy atom. The molecule has 0 fully saturated rings. The van der Waals surface area contributed by atoms with E-state index in [4.69, 9.17) is 6.42 Å². The van der Waals surface area contributed by atoms with E-state index in [0.29, 0.717) is 5.75 Å². The second-order valence-corrected chi connectivity index (χ2v) is 7.15. The summed E-state index contributed by atoms with van der Waals surface area (Å²) in [7, 11) is 0. The molecule has 2 aromatic rings. The monoisotopic (exact) mass is 288 g/mol. The lowest BCUT2D eigenvalue weighted by Crippen LogP contribution is -2.08. The molecule has 0 aromatic carbocycles. The van der Waals surface area contributed by atoms with E-state index in [-0.39, 0.29) is 0 Å². The van der Waals surface area contributed by atoms with Crippen LogP contribution in [0.4, 0.5) is 0 Å². The molecular weight excluding hydrogens is 272 g/mol. The first-order valence-electron chi connectivity index (χ1n) is 6.54. The summed E-state index contributed by atoms with van der Waals surface area (Å²) < 4.78 is 0. The predicted molar refractivity (Wildman–Crippen MR) is 82.9 cm³/mol. The van der Waals surface area contributed by atoms with E-state index >= 15 is 0 Å². The Morgan fingerprint density at radius 1 is 1.47 bits per heavy atom. The molecule has 19 heavy (non-hydrogen) atoms. The molecule has 0 aliphatic heterocycles. The van der Waals surface area contributed by atoms with Crippen molar-refractivity contribution in [2.24, 2.45) is 5.92 Å². The highest BCUT2D eigenvalue weighted by molar-refractivity contribution is 7.99. The predicted octanol–water partition coefficient (Wildman–Crippen LogP) is 3.85. The standard InChI is InChI=1S/C15H16N2S2/c1-4-7-18-14-13-11-6-5-9(2)8-12(11)19-15(13)17-10(3)16-14/h1,9H,5-8H2,2-3H3. The topological polar surface area (TPSA) is 25.8 Å². The highest BCUT2D eigenvalue weighted by Crippen LogP contribution is 2.40. The molecule has 1 unspecified atom stereocenters. The molecule has 2 nitrogen and oxygen atoms in total. The van der Waals surface area contributed by atoms with Crippen molar-refractivity contribution in [1.29, 1.82) is 0 Å². The summed E-state index contributed by atoms with van der Waals surface area (Å²) in [6.07, 6.45) is 9.00. The zero-order valence-electron chi connectivity index (χ0n) is 11.2. The number of thiophene rings is 1. The van der Waals surface area contributed by atoms with Crippen LogP contribution < -0.4 is 0 Å². The Balaban J connectivity index is 2.17. The minimum Gasteiger partial charge on any atom is -0.226 e. The number of hydrogen-bond acceptors (Lipinski definition) is 4. The van der Waals surface area contributed by atoms with Gasteiger partial charge >= 0.3 is 0 Å². The summed E-state index contributed by atoms with van der Waals surface area (Å²) in [6.45, 7) is 4.29. The Labute approximate surface area is 122 Å². The normalized spacial score (nSPS) is 18.3. The van der Waals surface area contributed by atoms with Crippen molar-refractivity contribution in [2.45, 2.75) is 38.1 Å². The molecule has 0 spiro atoms. The van der Waals surface area contributed by atoms with Gasteiger partial charge in [0.15, 0.2) is 0 Å². The molecule has 1 aliphatic rings. The molecule has 2 heterocycles. The van der Waals surface area contributed by atoms with Crippen molar-refractivity contribution < 1.29 is 0 Å². The fraction of sp³-hybridized carbons (Fsp3) is 0.467. The third-order valence-electron chi connectivity index (χ3n) is 3.53. The summed E-state index contributed by atoms with van der Waals surface area (Å²) in [5.74, 6) is 4.99. The first-order valence-corrected chi connectivity index (χ1v) is 8.34. The van der Waals surface area contributed by atoms with Crippen molar-refractivity contribution in [1.82, 2.24) is 9.97 Å². The maximum Gasteiger partial charge on any atom is 0.128 e. The van der Waals surface area contributed by atoms with E-state index in [1.165, 1.54) is 28.7 Å². The second kappa shape index (κ2) is 5.15. The molecule has 0 N–H and O–H groups in total. The molecule has 0 bridgehead atoms. The van der Waals surface area contributed by atoms with Gasteiger partial charge in [-0.25, -0.2) is 9.97 Å². The highest BCUT2D eigenvalue weighted by Gasteiger charge is 2.23. The van der Waals surface area contributed by atoms with Gasteiger partial charge in [0.1, 0.15) is 15.7 Å². The van der Waals surface area contributed by atoms with Crippen molar-refractivity contribution >= 4 is 33.3 Å². The first-order chi connectivity index (χ1) is 9.19. The van der Waals surface area contributed by atoms with Gasteiger partial charge in [0.2, 0.25) is 0 Å². The number of nitrogens with zero attached hydrogens (tertiary/aromatic N) is 2. The van der Waals surface area contributed by atoms with Crippen LogP contribution in [0.15, 0.2) is 5.03 Å². The smallest absolute Gasteiger partial charge is 0.128 e. The Morgan fingerprint density at radius 2 is 2.32 bits per heavy atom. The zero-order valence-corrected chi connectivity index (χ0v) is 12.8. The van der Waals surface area contributed by atoms with Crippen molar-refractivity contribution in [3.05, 3.63) is 16.3 Å². The quantitative estimate of drug-likeness (QED) is 0.477. The van der Waals surface area contributed by atoms with Crippen LogP contribution in [-0.4, -0.2) is 15.7 Å². The van der Waals surface area contributed by atoms with E-state index in [1.54, 1.807) is 11.8 Å². The van der Waals surface area contributed by atoms with E-state index in [2.05, 4.69) is 22.8 Å². The lowest BCUT2D eigenvalue weighted by Gasteiger charge is -2.18. The van der Waals surface area contributed by atoms with Crippen LogP contribution in [0, 0.1) is 25.2 Å². The molecule has 2 aromatic heterocycles. The molecule has 0 amide bonds. The lowest BCUT2D eigenvalue weighted by atomic mass is 9.89. The van der Waals surface area contributed by atoms with Gasteiger partial charge in [-0.3, -0.25) is 0 Å². The SMILES string of the molecule is C#CCSc1nc(C)nc2sc3c(c12)CCC(C)C3. The van der Waals surface area contributed by atoms with Gasteiger partial charge in [0, 0.05) is 10.3 Å². The molecule has 98 valence electrons. The Kier molecular flexibility index (Phi) is 3.51. The molecular formula is C15H16N2S2. The van der Waals surface area contributed by atoms with Gasteiger partial charge in [-0.1, -0.05) is 24.6 Å². The van der Waals surface area contributed by atoms with Crippen LogP contribution in [0.1, 0.15) is 29.6 Å². The summed E-state index contributed by atoms with van der Waals surface area (Å²) >= 11 is 3.51. The van der Waals surface area contributed by atoms with Gasteiger partial charge < -0.3 is 0 Å². The maximum atomic E-state index is 5.38. The fourth-order valence-electron chi connectivity index (χ4n) is 2.62. The summed E-state index contributed by atoms with van der Waals surface area (Å²) in [5.41, 5.74) is 1.48. The number of fused-ring (bicyclic) bond motifs is 3. The van der Waals surface area contributed by atoms with Crippen LogP contribution in [0.3, 0.4) is 0 Å².